The van der Waals surface area contributed by atoms with Crippen molar-refractivity contribution in [1.82, 2.24) is 0 Å². The predicted octanol–water partition coefficient (Wildman–Crippen LogP) is -1.62. The van der Waals surface area contributed by atoms with Gasteiger partial charge < -0.3 is 6.42 Å². The molecule has 0 N–H and O–H groups in total. The van der Waals surface area contributed by atoms with Crippen molar-refractivity contribution in [3.8, 4) is 0 Å². The third-order valence-electron chi connectivity index (χ3n) is 0.816. The van der Waals surface area contributed by atoms with Gasteiger partial charge in [0, 0.05) is 0 Å². The van der Waals surface area contributed by atoms with E-state index in [1.807, 2.05) is 0 Å². The SMILES string of the molecule is [CH-]1CCC1.[K+]. The molecule has 5 heavy (non-hydrogen) atoms. The number of hydrogen-bond acceptors (Lipinski definition) is 0. The summed E-state index contributed by atoms with van der Waals surface area (Å²) in [5, 5.41) is 0. The Bertz CT molecular complexity index is 11.6. The molecule has 0 aliphatic heterocycles. The first-order valence-corrected chi connectivity index (χ1v) is 1.82. The maximum absolute atomic E-state index is 2.31. The molecule has 0 aromatic rings. The summed E-state index contributed by atoms with van der Waals surface area (Å²) in [6, 6.07) is 0. The molecule has 1 saturated carbocycles. The van der Waals surface area contributed by atoms with E-state index in [1.54, 1.807) is 0 Å². The Hall–Kier alpha value is 1.64. The third-order valence-corrected chi connectivity index (χ3v) is 0.816. The molecule has 0 spiro atoms. The smallest absolute Gasteiger partial charge is 0.329 e. The van der Waals surface area contributed by atoms with Gasteiger partial charge in [0.2, 0.25) is 0 Å². The fourth-order valence-electron chi connectivity index (χ4n) is 0.204. The van der Waals surface area contributed by atoms with E-state index in [9.17, 15) is 0 Å². The van der Waals surface area contributed by atoms with Crippen LogP contribution in [0.25, 0.3) is 0 Å². The quantitative estimate of drug-likeness (QED) is 0.250. The van der Waals surface area contributed by atoms with Gasteiger partial charge in [-0.1, -0.05) is 0 Å². The van der Waals surface area contributed by atoms with Crippen LogP contribution in [0.2, 0.25) is 0 Å². The van der Waals surface area contributed by atoms with E-state index in [0.29, 0.717) is 0 Å². The van der Waals surface area contributed by atoms with Crippen LogP contribution >= 0.6 is 0 Å². The minimum absolute atomic E-state index is 0. The zero-order chi connectivity index (χ0) is 2.83. The summed E-state index contributed by atoms with van der Waals surface area (Å²) in [6.07, 6.45) is 6.50. The first-order valence-electron chi connectivity index (χ1n) is 1.82. The predicted molar refractivity (Wildman–Crippen MR) is 18.2 cm³/mol. The number of hydrogen-bond donors (Lipinski definition) is 0. The van der Waals surface area contributed by atoms with E-state index in [-0.39, 0.29) is 51.4 Å². The summed E-state index contributed by atoms with van der Waals surface area (Å²) < 4.78 is 0. The zero-order valence-electron chi connectivity index (χ0n) is 3.70. The van der Waals surface area contributed by atoms with E-state index < -0.39 is 0 Å². The molecule has 0 nitrogen and oxygen atoms in total. The van der Waals surface area contributed by atoms with Crippen LogP contribution < -0.4 is 51.4 Å². The van der Waals surface area contributed by atoms with Crippen LogP contribution in [-0.4, -0.2) is 0 Å². The van der Waals surface area contributed by atoms with Crippen molar-refractivity contribution in [2.24, 2.45) is 0 Å². The zero-order valence-corrected chi connectivity index (χ0v) is 6.82. The van der Waals surface area contributed by atoms with Crippen LogP contribution in [0.5, 0.6) is 0 Å². The minimum atomic E-state index is 0. The molecule has 1 rings (SSSR count). The van der Waals surface area contributed by atoms with Gasteiger partial charge >= 0.3 is 51.4 Å². The molecule has 1 aliphatic rings. The van der Waals surface area contributed by atoms with Crippen molar-refractivity contribution < 1.29 is 51.4 Å². The van der Waals surface area contributed by atoms with Gasteiger partial charge in [-0.25, -0.2) is 0 Å². The van der Waals surface area contributed by atoms with Crippen molar-refractivity contribution >= 4 is 0 Å². The summed E-state index contributed by atoms with van der Waals surface area (Å²) in [7, 11) is 0. The fourth-order valence-corrected chi connectivity index (χ4v) is 0.204. The van der Waals surface area contributed by atoms with Gasteiger partial charge in [-0.05, 0) is 0 Å². The monoisotopic (exact) mass is 94.0 g/mol. The first kappa shape index (κ1) is 6.64. The van der Waals surface area contributed by atoms with Crippen LogP contribution in [0.1, 0.15) is 19.3 Å². The second-order valence-corrected chi connectivity index (χ2v) is 1.22. The molecule has 1 aliphatic carbocycles. The Labute approximate surface area is 75.8 Å². The van der Waals surface area contributed by atoms with Gasteiger partial charge in [0.15, 0.2) is 0 Å². The molecular weight excluding hydrogens is 87.1 g/mol. The average molecular weight is 94.2 g/mol. The summed E-state index contributed by atoms with van der Waals surface area (Å²) in [4.78, 5) is 0. The summed E-state index contributed by atoms with van der Waals surface area (Å²) in [5.74, 6) is 0. The molecule has 0 aromatic carbocycles. The van der Waals surface area contributed by atoms with Crippen molar-refractivity contribution in [2.75, 3.05) is 0 Å². The second kappa shape index (κ2) is 3.81. The largest absolute Gasteiger partial charge is 1.00 e. The van der Waals surface area contributed by atoms with E-state index in [4.69, 9.17) is 0 Å². The van der Waals surface area contributed by atoms with E-state index in [1.165, 1.54) is 19.3 Å². The maximum atomic E-state index is 2.31. The minimum Gasteiger partial charge on any atom is -0.329 e. The Morgan fingerprint density at radius 3 is 1.40 bits per heavy atom. The maximum Gasteiger partial charge on any atom is 1.00 e. The Morgan fingerprint density at radius 2 is 1.40 bits per heavy atom. The van der Waals surface area contributed by atoms with Crippen LogP contribution in [0.3, 0.4) is 0 Å². The van der Waals surface area contributed by atoms with Crippen LogP contribution in [-0.2, 0) is 0 Å². The van der Waals surface area contributed by atoms with Gasteiger partial charge in [0.1, 0.15) is 0 Å². The topological polar surface area (TPSA) is 0 Å². The van der Waals surface area contributed by atoms with Gasteiger partial charge in [0.25, 0.3) is 0 Å². The molecular formula is C4H7K. The fraction of sp³-hybridized carbons (Fsp3) is 0.750. The molecule has 0 heterocycles. The van der Waals surface area contributed by atoms with E-state index in [0.717, 1.165) is 0 Å². The van der Waals surface area contributed by atoms with Gasteiger partial charge in [-0.2, -0.15) is 12.8 Å². The standard InChI is InChI=1S/C4H7.K/c1-2-4-3-1;/h1H,2-4H2;/q-1;+1. The summed E-state index contributed by atoms with van der Waals surface area (Å²) >= 11 is 0. The Balaban J connectivity index is 0.000000160. The van der Waals surface area contributed by atoms with Crippen LogP contribution in [0.15, 0.2) is 0 Å². The molecule has 0 atom stereocenters. The van der Waals surface area contributed by atoms with Crippen molar-refractivity contribution in [3.63, 3.8) is 0 Å². The van der Waals surface area contributed by atoms with Gasteiger partial charge in [-0.3, -0.25) is 0 Å². The Morgan fingerprint density at radius 1 is 1.20 bits per heavy atom. The van der Waals surface area contributed by atoms with Crippen molar-refractivity contribution in [1.29, 1.82) is 0 Å². The van der Waals surface area contributed by atoms with E-state index >= 15 is 0 Å². The normalized spacial score (nSPS) is 19.2. The number of rotatable bonds is 0. The molecule has 0 bridgehead atoms. The molecule has 0 radical (unpaired) electrons. The molecule has 1 fully saturated rings. The molecule has 0 aromatic heterocycles. The Kier molecular flexibility index (Phi) is 5.06. The third kappa shape index (κ3) is 2.35. The molecule has 24 valence electrons. The van der Waals surface area contributed by atoms with Gasteiger partial charge in [0.05, 0.1) is 0 Å². The second-order valence-electron chi connectivity index (χ2n) is 1.22. The molecule has 1 heteroatoms. The first-order chi connectivity index (χ1) is 2.00. The summed E-state index contributed by atoms with van der Waals surface area (Å²) in [6.45, 7) is 0. The molecule has 0 amide bonds. The molecule has 0 saturated heterocycles. The van der Waals surface area contributed by atoms with Crippen LogP contribution in [0, 0.1) is 6.42 Å². The van der Waals surface area contributed by atoms with Gasteiger partial charge in [-0.15, -0.1) is 6.42 Å². The molecule has 0 unspecified atom stereocenters. The van der Waals surface area contributed by atoms with Crippen molar-refractivity contribution in [2.45, 2.75) is 19.3 Å². The summed E-state index contributed by atoms with van der Waals surface area (Å²) in [5.41, 5.74) is 0. The van der Waals surface area contributed by atoms with E-state index in [2.05, 4.69) is 6.42 Å². The van der Waals surface area contributed by atoms with Crippen molar-refractivity contribution in [3.05, 3.63) is 6.42 Å². The van der Waals surface area contributed by atoms with Crippen LogP contribution in [0.4, 0.5) is 0 Å². The average Bonchev–Trinajstić information content (AvgIpc) is 0.722.